The number of pyridine rings is 1. The van der Waals surface area contributed by atoms with Crippen LogP contribution in [0.5, 0.6) is 11.5 Å². The monoisotopic (exact) mass is 271 g/mol. The van der Waals surface area contributed by atoms with Gasteiger partial charge < -0.3 is 19.7 Å². The van der Waals surface area contributed by atoms with Gasteiger partial charge in [-0.25, -0.2) is 4.98 Å². The molecule has 1 aromatic carbocycles. The number of hydrogen-bond acceptors (Lipinski definition) is 5. The SMILES string of the molecule is CCN(c1nccc2cc3c(cc12)OCO3)C1CNC1. The number of hydrogen-bond donors (Lipinski definition) is 1. The highest BCUT2D eigenvalue weighted by Crippen LogP contribution is 2.38. The van der Waals surface area contributed by atoms with Crippen LogP contribution < -0.4 is 19.7 Å². The zero-order valence-electron chi connectivity index (χ0n) is 11.4. The maximum Gasteiger partial charge on any atom is 0.231 e. The van der Waals surface area contributed by atoms with Crippen molar-refractivity contribution < 1.29 is 9.47 Å². The Hall–Kier alpha value is -2.01. The number of benzene rings is 1. The van der Waals surface area contributed by atoms with Gasteiger partial charge in [0.1, 0.15) is 5.82 Å². The van der Waals surface area contributed by atoms with E-state index in [2.05, 4.69) is 28.2 Å². The van der Waals surface area contributed by atoms with Crippen molar-refractivity contribution in [1.29, 1.82) is 0 Å². The van der Waals surface area contributed by atoms with Crippen LogP contribution in [0, 0.1) is 0 Å². The molecule has 1 fully saturated rings. The Morgan fingerprint density at radius 2 is 2.10 bits per heavy atom. The fraction of sp³-hybridized carbons (Fsp3) is 0.400. The van der Waals surface area contributed by atoms with Crippen molar-refractivity contribution in [3.8, 4) is 11.5 Å². The van der Waals surface area contributed by atoms with Crippen LogP contribution in [-0.2, 0) is 0 Å². The van der Waals surface area contributed by atoms with E-state index >= 15 is 0 Å². The minimum atomic E-state index is 0.304. The van der Waals surface area contributed by atoms with Crippen LogP contribution in [0.1, 0.15) is 6.92 Å². The van der Waals surface area contributed by atoms with Crippen LogP contribution in [0.3, 0.4) is 0 Å². The summed E-state index contributed by atoms with van der Waals surface area (Å²) >= 11 is 0. The van der Waals surface area contributed by atoms with Crippen molar-refractivity contribution in [2.45, 2.75) is 13.0 Å². The first-order valence-corrected chi connectivity index (χ1v) is 7.02. The lowest BCUT2D eigenvalue weighted by atomic mass is 10.1. The summed E-state index contributed by atoms with van der Waals surface area (Å²) < 4.78 is 10.9. The van der Waals surface area contributed by atoms with Gasteiger partial charge in [0.15, 0.2) is 11.5 Å². The van der Waals surface area contributed by atoms with Gasteiger partial charge in [0.25, 0.3) is 0 Å². The van der Waals surface area contributed by atoms with Crippen LogP contribution in [-0.4, -0.2) is 37.5 Å². The van der Waals surface area contributed by atoms with Crippen LogP contribution in [0.4, 0.5) is 5.82 Å². The highest BCUT2D eigenvalue weighted by molar-refractivity contribution is 5.95. The molecule has 5 nitrogen and oxygen atoms in total. The number of fused-ring (bicyclic) bond motifs is 2. The molecule has 104 valence electrons. The number of nitrogens with one attached hydrogen (secondary N) is 1. The number of aromatic nitrogens is 1. The van der Waals surface area contributed by atoms with E-state index in [0.717, 1.165) is 47.7 Å². The van der Waals surface area contributed by atoms with Crippen molar-refractivity contribution in [3.63, 3.8) is 0 Å². The highest BCUT2D eigenvalue weighted by Gasteiger charge is 2.26. The summed E-state index contributed by atoms with van der Waals surface area (Å²) in [6.45, 7) is 5.48. The summed E-state index contributed by atoms with van der Waals surface area (Å²) in [5, 5.41) is 5.59. The van der Waals surface area contributed by atoms with Crippen molar-refractivity contribution in [1.82, 2.24) is 10.3 Å². The van der Waals surface area contributed by atoms with Crippen LogP contribution >= 0.6 is 0 Å². The lowest BCUT2D eigenvalue weighted by Crippen LogP contribution is -2.57. The zero-order chi connectivity index (χ0) is 13.5. The number of rotatable bonds is 3. The molecule has 2 aromatic rings. The summed E-state index contributed by atoms with van der Waals surface area (Å²) in [7, 11) is 0. The second-order valence-corrected chi connectivity index (χ2v) is 5.16. The first kappa shape index (κ1) is 11.8. The Labute approximate surface area is 117 Å². The average Bonchev–Trinajstić information content (AvgIpc) is 2.86. The molecule has 0 saturated carbocycles. The minimum Gasteiger partial charge on any atom is -0.454 e. The average molecular weight is 271 g/mol. The van der Waals surface area contributed by atoms with E-state index in [1.54, 1.807) is 0 Å². The third-order valence-corrected chi connectivity index (χ3v) is 4.05. The van der Waals surface area contributed by atoms with Gasteiger partial charge in [0, 0.05) is 31.2 Å². The van der Waals surface area contributed by atoms with E-state index in [-0.39, 0.29) is 0 Å². The molecule has 2 aliphatic rings. The second-order valence-electron chi connectivity index (χ2n) is 5.16. The quantitative estimate of drug-likeness (QED) is 0.921. The molecule has 5 heteroatoms. The molecule has 1 N–H and O–H groups in total. The predicted octanol–water partition coefficient (Wildman–Crippen LogP) is 1.76. The molecule has 0 amide bonds. The van der Waals surface area contributed by atoms with E-state index < -0.39 is 0 Å². The summed E-state index contributed by atoms with van der Waals surface area (Å²) in [6.07, 6.45) is 1.87. The van der Waals surface area contributed by atoms with E-state index in [1.165, 1.54) is 0 Å². The van der Waals surface area contributed by atoms with Crippen molar-refractivity contribution >= 4 is 16.6 Å². The summed E-state index contributed by atoms with van der Waals surface area (Å²) in [6, 6.07) is 6.64. The molecule has 3 heterocycles. The number of nitrogens with zero attached hydrogens (tertiary/aromatic N) is 2. The molecular formula is C15H17N3O2. The molecule has 0 atom stereocenters. The van der Waals surface area contributed by atoms with Gasteiger partial charge in [-0.3, -0.25) is 0 Å². The first-order chi connectivity index (χ1) is 9.86. The highest BCUT2D eigenvalue weighted by atomic mass is 16.7. The van der Waals surface area contributed by atoms with E-state index in [0.29, 0.717) is 12.8 Å². The topological polar surface area (TPSA) is 46.6 Å². The molecule has 1 saturated heterocycles. The fourth-order valence-electron chi connectivity index (χ4n) is 2.85. The molecule has 0 bridgehead atoms. The summed E-state index contributed by atoms with van der Waals surface area (Å²) in [4.78, 5) is 6.97. The van der Waals surface area contributed by atoms with Gasteiger partial charge in [-0.05, 0) is 30.5 Å². The van der Waals surface area contributed by atoms with E-state index in [1.807, 2.05) is 18.3 Å². The Morgan fingerprint density at radius 3 is 2.80 bits per heavy atom. The molecule has 4 rings (SSSR count). The van der Waals surface area contributed by atoms with E-state index in [9.17, 15) is 0 Å². The van der Waals surface area contributed by atoms with Crippen molar-refractivity contribution in [2.24, 2.45) is 0 Å². The zero-order valence-corrected chi connectivity index (χ0v) is 11.4. The maximum absolute atomic E-state index is 5.49. The Bertz CT molecular complexity index is 655. The normalized spacial score (nSPS) is 17.2. The smallest absolute Gasteiger partial charge is 0.231 e. The standard InChI is InChI=1S/C15H17N3O2/c1-2-18(11-7-16-8-11)15-12-6-14-13(19-9-20-14)5-10(12)3-4-17-15/h3-6,11,16H,2,7-9H2,1H3. The van der Waals surface area contributed by atoms with Gasteiger partial charge in [-0.2, -0.15) is 0 Å². The molecule has 20 heavy (non-hydrogen) atoms. The van der Waals surface area contributed by atoms with Gasteiger partial charge >= 0.3 is 0 Å². The minimum absolute atomic E-state index is 0.304. The molecular weight excluding hydrogens is 254 g/mol. The lowest BCUT2D eigenvalue weighted by Gasteiger charge is -2.38. The maximum atomic E-state index is 5.49. The molecule has 0 aliphatic carbocycles. The fourth-order valence-corrected chi connectivity index (χ4v) is 2.85. The van der Waals surface area contributed by atoms with E-state index in [4.69, 9.17) is 9.47 Å². The van der Waals surface area contributed by atoms with Crippen LogP contribution in [0.2, 0.25) is 0 Å². The predicted molar refractivity (Wildman–Crippen MR) is 77.5 cm³/mol. The van der Waals surface area contributed by atoms with Crippen LogP contribution in [0.25, 0.3) is 10.8 Å². The molecule has 0 spiro atoms. The molecule has 1 aromatic heterocycles. The number of ether oxygens (including phenoxy) is 2. The number of anilines is 1. The third-order valence-electron chi connectivity index (χ3n) is 4.05. The molecule has 0 unspecified atom stereocenters. The van der Waals surface area contributed by atoms with Crippen LogP contribution in [0.15, 0.2) is 24.4 Å². The number of likely N-dealkylation sites (N-methyl/N-ethyl adjacent to an activating group) is 1. The summed E-state index contributed by atoms with van der Waals surface area (Å²) in [5.41, 5.74) is 0. The van der Waals surface area contributed by atoms with Crippen molar-refractivity contribution in [2.75, 3.05) is 31.3 Å². The van der Waals surface area contributed by atoms with Gasteiger partial charge in [-0.15, -0.1) is 0 Å². The first-order valence-electron chi connectivity index (χ1n) is 7.02. The second kappa shape index (κ2) is 4.52. The Kier molecular flexibility index (Phi) is 2.67. The molecule has 2 aliphatic heterocycles. The Morgan fingerprint density at radius 1 is 1.30 bits per heavy atom. The lowest BCUT2D eigenvalue weighted by molar-refractivity contribution is 0.174. The van der Waals surface area contributed by atoms with Gasteiger partial charge in [0.2, 0.25) is 6.79 Å². The largest absolute Gasteiger partial charge is 0.454 e. The van der Waals surface area contributed by atoms with Crippen molar-refractivity contribution in [3.05, 3.63) is 24.4 Å². The third kappa shape index (κ3) is 1.70. The summed E-state index contributed by atoms with van der Waals surface area (Å²) in [5.74, 6) is 2.67. The molecule has 0 radical (unpaired) electrons. The Balaban J connectivity index is 1.86. The van der Waals surface area contributed by atoms with Gasteiger partial charge in [0.05, 0.1) is 6.04 Å². The van der Waals surface area contributed by atoms with Gasteiger partial charge in [-0.1, -0.05) is 0 Å².